The molecule has 0 N–H and O–H groups in total. The molecule has 74 valence electrons. The van der Waals surface area contributed by atoms with Gasteiger partial charge in [-0.2, -0.15) is 10.4 Å². The summed E-state index contributed by atoms with van der Waals surface area (Å²) in [6, 6.07) is 2.23. The summed E-state index contributed by atoms with van der Waals surface area (Å²) in [6.45, 7) is 5.40. The molecular formula is C11H15N3. The molecule has 3 nitrogen and oxygen atoms in total. The molecule has 0 aromatic carbocycles. The van der Waals surface area contributed by atoms with Gasteiger partial charge in [0.25, 0.3) is 0 Å². The van der Waals surface area contributed by atoms with Crippen molar-refractivity contribution < 1.29 is 0 Å². The summed E-state index contributed by atoms with van der Waals surface area (Å²) in [5.74, 6) is 1.19. The lowest BCUT2D eigenvalue weighted by atomic mass is 9.83. The van der Waals surface area contributed by atoms with Crippen LogP contribution in [0.3, 0.4) is 0 Å². The summed E-state index contributed by atoms with van der Waals surface area (Å²) in [6.07, 6.45) is 4.08. The van der Waals surface area contributed by atoms with E-state index in [0.29, 0.717) is 11.8 Å². The Morgan fingerprint density at radius 1 is 1.71 bits per heavy atom. The van der Waals surface area contributed by atoms with E-state index < -0.39 is 0 Å². The zero-order valence-corrected chi connectivity index (χ0v) is 8.70. The van der Waals surface area contributed by atoms with Gasteiger partial charge in [-0.3, -0.25) is 4.68 Å². The molecule has 2 heterocycles. The van der Waals surface area contributed by atoms with Crippen molar-refractivity contribution in [3.8, 4) is 6.07 Å². The molecule has 0 amide bonds. The first-order valence-corrected chi connectivity index (χ1v) is 5.23. The number of aromatic nitrogens is 2. The first-order chi connectivity index (χ1) is 6.77. The van der Waals surface area contributed by atoms with Crippen LogP contribution in [-0.4, -0.2) is 9.78 Å². The van der Waals surface area contributed by atoms with Crippen LogP contribution in [0.4, 0.5) is 0 Å². The van der Waals surface area contributed by atoms with Crippen LogP contribution in [0, 0.1) is 17.2 Å². The highest BCUT2D eigenvalue weighted by molar-refractivity contribution is 5.34. The minimum absolute atomic E-state index is 0.478. The highest BCUT2D eigenvalue weighted by Crippen LogP contribution is 2.35. The zero-order chi connectivity index (χ0) is 10.1. The molecule has 2 rings (SSSR count). The van der Waals surface area contributed by atoms with Crippen molar-refractivity contribution in [2.75, 3.05) is 0 Å². The molecule has 2 unspecified atom stereocenters. The second-order valence-corrected chi connectivity index (χ2v) is 4.02. The van der Waals surface area contributed by atoms with E-state index in [1.165, 1.54) is 12.8 Å². The molecule has 3 heteroatoms. The van der Waals surface area contributed by atoms with Crippen molar-refractivity contribution in [1.82, 2.24) is 9.78 Å². The number of nitrogens with zero attached hydrogens (tertiary/aromatic N) is 3. The predicted octanol–water partition coefficient (Wildman–Crippen LogP) is 2.29. The van der Waals surface area contributed by atoms with Crippen molar-refractivity contribution in [3.63, 3.8) is 0 Å². The molecular weight excluding hydrogens is 174 g/mol. The maximum Gasteiger partial charge on any atom is 0.103 e. The van der Waals surface area contributed by atoms with Crippen LogP contribution in [0.2, 0.25) is 0 Å². The molecule has 0 fully saturated rings. The largest absolute Gasteiger partial charge is 0.268 e. The Bertz CT molecular complexity index is 372. The van der Waals surface area contributed by atoms with Gasteiger partial charge in [-0.25, -0.2) is 0 Å². The van der Waals surface area contributed by atoms with Crippen LogP contribution in [0.1, 0.15) is 43.9 Å². The fourth-order valence-electron chi connectivity index (χ4n) is 2.46. The third-order valence-electron chi connectivity index (χ3n) is 3.38. The normalized spacial score (nSPS) is 25.5. The fraction of sp³-hybridized carbons (Fsp3) is 0.636. The lowest BCUT2D eigenvalue weighted by Gasteiger charge is -2.29. The Hall–Kier alpha value is -1.30. The average Bonchev–Trinajstić information content (AvgIpc) is 2.62. The highest BCUT2D eigenvalue weighted by atomic mass is 15.3. The van der Waals surface area contributed by atoms with Crippen LogP contribution in [0.25, 0.3) is 0 Å². The van der Waals surface area contributed by atoms with E-state index in [4.69, 9.17) is 5.26 Å². The number of fused-ring (bicyclic) bond motifs is 1. The number of nitriles is 1. The molecule has 0 spiro atoms. The number of rotatable bonds is 1. The molecule has 0 aliphatic carbocycles. The Morgan fingerprint density at radius 3 is 3.14 bits per heavy atom. The van der Waals surface area contributed by atoms with Crippen molar-refractivity contribution >= 4 is 0 Å². The fourth-order valence-corrected chi connectivity index (χ4v) is 2.46. The molecule has 1 aliphatic rings. The summed E-state index contributed by atoms with van der Waals surface area (Å²) in [5.41, 5.74) is 1.90. The molecule has 0 bridgehead atoms. The van der Waals surface area contributed by atoms with E-state index in [9.17, 15) is 0 Å². The van der Waals surface area contributed by atoms with E-state index >= 15 is 0 Å². The van der Waals surface area contributed by atoms with Gasteiger partial charge in [-0.1, -0.05) is 20.3 Å². The first kappa shape index (κ1) is 9.26. The van der Waals surface area contributed by atoms with Gasteiger partial charge >= 0.3 is 0 Å². The monoisotopic (exact) mass is 189 g/mol. The number of hydrogen-bond donors (Lipinski definition) is 0. The maximum absolute atomic E-state index is 8.96. The Balaban J connectivity index is 2.42. The van der Waals surface area contributed by atoms with Crippen LogP contribution >= 0.6 is 0 Å². The summed E-state index contributed by atoms with van der Waals surface area (Å²) in [4.78, 5) is 0. The second kappa shape index (κ2) is 3.45. The number of aryl methyl sites for hydroxylation is 1. The Labute approximate surface area is 84.3 Å². The second-order valence-electron chi connectivity index (χ2n) is 4.02. The third-order valence-corrected chi connectivity index (χ3v) is 3.38. The van der Waals surface area contributed by atoms with Gasteiger partial charge in [-0.05, 0) is 12.3 Å². The molecule has 2 atom stereocenters. The van der Waals surface area contributed by atoms with Gasteiger partial charge in [0.1, 0.15) is 6.07 Å². The Morgan fingerprint density at radius 2 is 2.50 bits per heavy atom. The topological polar surface area (TPSA) is 41.6 Å². The standard InChI is InChI=1S/C11H15N3/c1-3-9-4-5-14-11(8(9)2)10(6-12)7-13-14/h7-9H,3-5H2,1-2H3. The molecule has 0 saturated heterocycles. The zero-order valence-electron chi connectivity index (χ0n) is 8.70. The van der Waals surface area contributed by atoms with Crippen LogP contribution in [-0.2, 0) is 6.54 Å². The van der Waals surface area contributed by atoms with Gasteiger partial charge in [0.05, 0.1) is 17.5 Å². The summed E-state index contributed by atoms with van der Waals surface area (Å²) >= 11 is 0. The predicted molar refractivity (Wildman–Crippen MR) is 53.8 cm³/mol. The Kier molecular flexibility index (Phi) is 2.28. The van der Waals surface area contributed by atoms with Crippen LogP contribution < -0.4 is 0 Å². The number of hydrogen-bond acceptors (Lipinski definition) is 2. The lowest BCUT2D eigenvalue weighted by Crippen LogP contribution is -2.23. The van der Waals surface area contributed by atoms with Crippen LogP contribution in [0.5, 0.6) is 0 Å². The molecule has 14 heavy (non-hydrogen) atoms. The smallest absolute Gasteiger partial charge is 0.103 e. The van der Waals surface area contributed by atoms with Gasteiger partial charge in [-0.15, -0.1) is 0 Å². The van der Waals surface area contributed by atoms with Gasteiger partial charge in [0.15, 0.2) is 0 Å². The first-order valence-electron chi connectivity index (χ1n) is 5.23. The lowest BCUT2D eigenvalue weighted by molar-refractivity contribution is 0.309. The van der Waals surface area contributed by atoms with Crippen LogP contribution in [0.15, 0.2) is 6.20 Å². The van der Waals surface area contributed by atoms with Crippen molar-refractivity contribution in [2.24, 2.45) is 5.92 Å². The van der Waals surface area contributed by atoms with E-state index in [0.717, 1.165) is 17.8 Å². The van der Waals surface area contributed by atoms with Gasteiger partial charge in [0.2, 0.25) is 0 Å². The molecule has 0 saturated carbocycles. The minimum Gasteiger partial charge on any atom is -0.268 e. The highest BCUT2D eigenvalue weighted by Gasteiger charge is 2.28. The molecule has 0 radical (unpaired) electrons. The third kappa shape index (κ3) is 1.22. The maximum atomic E-state index is 8.96. The molecule has 1 aliphatic heterocycles. The van der Waals surface area contributed by atoms with Crippen molar-refractivity contribution in [2.45, 2.75) is 39.2 Å². The van der Waals surface area contributed by atoms with E-state index in [-0.39, 0.29) is 0 Å². The summed E-state index contributed by atoms with van der Waals surface area (Å²) in [7, 11) is 0. The summed E-state index contributed by atoms with van der Waals surface area (Å²) < 4.78 is 2.00. The average molecular weight is 189 g/mol. The summed E-state index contributed by atoms with van der Waals surface area (Å²) in [5, 5.41) is 13.2. The van der Waals surface area contributed by atoms with E-state index in [1.54, 1.807) is 6.20 Å². The quantitative estimate of drug-likeness (QED) is 0.680. The molecule has 1 aromatic rings. The van der Waals surface area contributed by atoms with Crippen molar-refractivity contribution in [3.05, 3.63) is 17.5 Å². The minimum atomic E-state index is 0.478. The SMILES string of the molecule is CCC1CCn2ncc(C#N)c2C1C. The van der Waals surface area contributed by atoms with Gasteiger partial charge in [0, 0.05) is 12.5 Å². The van der Waals surface area contributed by atoms with E-state index in [1.807, 2.05) is 4.68 Å². The van der Waals surface area contributed by atoms with Crippen molar-refractivity contribution in [1.29, 1.82) is 5.26 Å². The van der Waals surface area contributed by atoms with E-state index in [2.05, 4.69) is 25.0 Å². The molecule has 1 aromatic heterocycles. The van der Waals surface area contributed by atoms with Gasteiger partial charge < -0.3 is 0 Å².